The highest BCUT2D eigenvalue weighted by Crippen LogP contribution is 2.32. The van der Waals surface area contributed by atoms with Crippen LogP contribution in [-0.2, 0) is 6.54 Å². The number of aromatic nitrogens is 4. The van der Waals surface area contributed by atoms with Gasteiger partial charge in [0.1, 0.15) is 11.5 Å². The fraction of sp³-hybridized carbons (Fsp3) is 0.261. The number of piperidine rings is 1. The molecule has 1 saturated heterocycles. The van der Waals surface area contributed by atoms with Crippen LogP contribution in [0, 0.1) is 0 Å². The van der Waals surface area contributed by atoms with E-state index in [1.54, 1.807) is 6.20 Å². The monoisotopic (exact) mass is 384 g/mol. The van der Waals surface area contributed by atoms with E-state index in [9.17, 15) is 0 Å². The maximum Gasteiger partial charge on any atom is 0.145 e. The molecule has 1 aromatic carbocycles. The number of hydrogen-bond donors (Lipinski definition) is 3. The van der Waals surface area contributed by atoms with E-state index in [1.165, 1.54) is 11.3 Å². The van der Waals surface area contributed by atoms with Gasteiger partial charge < -0.3 is 15.6 Å². The van der Waals surface area contributed by atoms with Crippen LogP contribution in [0.5, 0.6) is 0 Å². The number of rotatable bonds is 5. The molecule has 6 heteroatoms. The SMILES string of the molecule is c1ccc(CNc2cncc(-c3ccnc4[nH]c(C5CCNCC5)cc34)n2)cc1. The average molecular weight is 384 g/mol. The Bertz CT molecular complexity index is 1100. The molecule has 4 aromatic rings. The van der Waals surface area contributed by atoms with Crippen molar-refractivity contribution < 1.29 is 0 Å². The van der Waals surface area contributed by atoms with Gasteiger partial charge >= 0.3 is 0 Å². The van der Waals surface area contributed by atoms with E-state index >= 15 is 0 Å². The van der Waals surface area contributed by atoms with Gasteiger partial charge in [-0.25, -0.2) is 9.97 Å². The van der Waals surface area contributed by atoms with E-state index in [0.717, 1.165) is 60.6 Å². The van der Waals surface area contributed by atoms with Crippen LogP contribution >= 0.6 is 0 Å². The minimum absolute atomic E-state index is 0.559. The highest BCUT2D eigenvalue weighted by Gasteiger charge is 2.19. The highest BCUT2D eigenvalue weighted by atomic mass is 15.0. The predicted octanol–water partition coefficient (Wildman–Crippen LogP) is 4.10. The molecule has 4 heterocycles. The molecule has 1 aliphatic heterocycles. The molecule has 3 aromatic heterocycles. The molecule has 5 rings (SSSR count). The van der Waals surface area contributed by atoms with E-state index in [-0.39, 0.29) is 0 Å². The molecule has 0 aliphatic carbocycles. The van der Waals surface area contributed by atoms with Crippen molar-refractivity contribution in [2.75, 3.05) is 18.4 Å². The highest BCUT2D eigenvalue weighted by molar-refractivity contribution is 5.92. The third-order valence-electron chi connectivity index (χ3n) is 5.56. The van der Waals surface area contributed by atoms with Crippen molar-refractivity contribution in [2.24, 2.45) is 0 Å². The van der Waals surface area contributed by atoms with Crippen LogP contribution in [0.1, 0.15) is 30.0 Å². The molecule has 0 bridgehead atoms. The Kier molecular flexibility index (Phi) is 4.92. The average Bonchev–Trinajstić information content (AvgIpc) is 3.24. The molecule has 0 amide bonds. The first-order valence-corrected chi connectivity index (χ1v) is 10.2. The molecule has 0 saturated carbocycles. The zero-order valence-corrected chi connectivity index (χ0v) is 16.2. The van der Waals surface area contributed by atoms with Crippen molar-refractivity contribution in [3.8, 4) is 11.3 Å². The number of pyridine rings is 1. The summed E-state index contributed by atoms with van der Waals surface area (Å²) < 4.78 is 0. The Balaban J connectivity index is 1.43. The van der Waals surface area contributed by atoms with Crippen molar-refractivity contribution >= 4 is 16.9 Å². The molecule has 6 nitrogen and oxygen atoms in total. The summed E-state index contributed by atoms with van der Waals surface area (Å²) >= 11 is 0. The first-order chi connectivity index (χ1) is 14.4. The zero-order chi connectivity index (χ0) is 19.5. The van der Waals surface area contributed by atoms with Gasteiger partial charge in [0.25, 0.3) is 0 Å². The van der Waals surface area contributed by atoms with E-state index in [4.69, 9.17) is 4.98 Å². The molecule has 0 unspecified atom stereocenters. The van der Waals surface area contributed by atoms with Crippen molar-refractivity contribution in [1.82, 2.24) is 25.3 Å². The number of fused-ring (bicyclic) bond motifs is 1. The second-order valence-electron chi connectivity index (χ2n) is 7.50. The maximum atomic E-state index is 4.80. The van der Waals surface area contributed by atoms with Crippen molar-refractivity contribution in [1.29, 1.82) is 0 Å². The number of benzene rings is 1. The lowest BCUT2D eigenvalue weighted by Crippen LogP contribution is -2.26. The van der Waals surface area contributed by atoms with Gasteiger partial charge in [0.05, 0.1) is 18.1 Å². The zero-order valence-electron chi connectivity index (χ0n) is 16.2. The lowest BCUT2D eigenvalue weighted by Gasteiger charge is -2.21. The first-order valence-electron chi connectivity index (χ1n) is 10.2. The van der Waals surface area contributed by atoms with E-state index in [1.807, 2.05) is 36.7 Å². The van der Waals surface area contributed by atoms with Crippen LogP contribution in [0.2, 0.25) is 0 Å². The number of aromatic amines is 1. The molecular weight excluding hydrogens is 360 g/mol. The molecule has 29 heavy (non-hydrogen) atoms. The summed E-state index contributed by atoms with van der Waals surface area (Å²) in [5.41, 5.74) is 5.31. The van der Waals surface area contributed by atoms with Crippen LogP contribution in [0.15, 0.2) is 61.1 Å². The summed E-state index contributed by atoms with van der Waals surface area (Å²) in [6, 6.07) is 14.6. The van der Waals surface area contributed by atoms with Crippen LogP contribution in [0.3, 0.4) is 0 Å². The fourth-order valence-corrected chi connectivity index (χ4v) is 3.99. The van der Waals surface area contributed by atoms with Gasteiger partial charge in [-0.2, -0.15) is 0 Å². The molecular formula is C23H24N6. The summed E-state index contributed by atoms with van der Waals surface area (Å²) in [7, 11) is 0. The van der Waals surface area contributed by atoms with Crippen LogP contribution in [0.4, 0.5) is 5.82 Å². The van der Waals surface area contributed by atoms with E-state index in [2.05, 4.69) is 43.8 Å². The lowest BCUT2D eigenvalue weighted by molar-refractivity contribution is 0.455. The number of nitrogens with one attached hydrogen (secondary N) is 3. The van der Waals surface area contributed by atoms with Gasteiger partial charge in [0, 0.05) is 35.3 Å². The fourth-order valence-electron chi connectivity index (χ4n) is 3.99. The number of H-pyrrole nitrogens is 1. The van der Waals surface area contributed by atoms with Crippen LogP contribution in [0.25, 0.3) is 22.3 Å². The lowest BCUT2D eigenvalue weighted by atomic mass is 9.94. The molecule has 0 atom stereocenters. The summed E-state index contributed by atoms with van der Waals surface area (Å²) in [5, 5.41) is 7.91. The number of anilines is 1. The van der Waals surface area contributed by atoms with Gasteiger partial charge in [-0.1, -0.05) is 30.3 Å². The first kappa shape index (κ1) is 17.8. The minimum atomic E-state index is 0.559. The maximum absolute atomic E-state index is 4.80. The minimum Gasteiger partial charge on any atom is -0.365 e. The molecule has 1 aliphatic rings. The van der Waals surface area contributed by atoms with Crippen molar-refractivity contribution in [3.05, 3.63) is 72.3 Å². The topological polar surface area (TPSA) is 78.5 Å². The molecule has 0 spiro atoms. The second-order valence-corrected chi connectivity index (χ2v) is 7.50. The van der Waals surface area contributed by atoms with Gasteiger partial charge in [-0.3, -0.25) is 4.98 Å². The molecule has 3 N–H and O–H groups in total. The van der Waals surface area contributed by atoms with E-state index in [0.29, 0.717) is 5.92 Å². The van der Waals surface area contributed by atoms with Gasteiger partial charge in [-0.05, 0) is 43.6 Å². The number of nitrogens with zero attached hydrogens (tertiary/aromatic N) is 3. The normalized spacial score (nSPS) is 14.9. The van der Waals surface area contributed by atoms with Gasteiger partial charge in [0.15, 0.2) is 0 Å². The molecule has 1 fully saturated rings. The molecule has 146 valence electrons. The van der Waals surface area contributed by atoms with Gasteiger partial charge in [-0.15, -0.1) is 0 Å². The van der Waals surface area contributed by atoms with Crippen LogP contribution in [-0.4, -0.2) is 33.0 Å². The smallest absolute Gasteiger partial charge is 0.145 e. The van der Waals surface area contributed by atoms with Crippen LogP contribution < -0.4 is 10.6 Å². The Hall–Kier alpha value is -3.25. The predicted molar refractivity (Wildman–Crippen MR) is 116 cm³/mol. The van der Waals surface area contributed by atoms with Crippen molar-refractivity contribution in [2.45, 2.75) is 25.3 Å². The van der Waals surface area contributed by atoms with Crippen molar-refractivity contribution in [3.63, 3.8) is 0 Å². The quantitative estimate of drug-likeness (QED) is 0.483. The Morgan fingerprint density at radius 3 is 2.76 bits per heavy atom. The standard InChI is InChI=1S/C23H24N6/c1-2-4-16(5-3-1)13-27-22-15-25-14-21(28-22)18-8-11-26-23-19(18)12-20(29-23)17-6-9-24-10-7-17/h1-5,8,11-12,14-15,17,24H,6-7,9-10,13H2,(H,26,29)(H,27,28). The summed E-state index contributed by atoms with van der Waals surface area (Å²) in [5.74, 6) is 1.33. The van der Waals surface area contributed by atoms with E-state index < -0.39 is 0 Å². The third-order valence-corrected chi connectivity index (χ3v) is 5.56. The summed E-state index contributed by atoms with van der Waals surface area (Å²) in [4.78, 5) is 17.3. The number of hydrogen-bond acceptors (Lipinski definition) is 5. The second kappa shape index (κ2) is 8.01. The van der Waals surface area contributed by atoms with Gasteiger partial charge in [0.2, 0.25) is 0 Å². The Morgan fingerprint density at radius 2 is 1.90 bits per heavy atom. The Labute approximate surface area is 169 Å². The summed E-state index contributed by atoms with van der Waals surface area (Å²) in [6.45, 7) is 2.86. The third kappa shape index (κ3) is 3.84. The summed E-state index contributed by atoms with van der Waals surface area (Å²) in [6.07, 6.45) is 7.73. The largest absolute Gasteiger partial charge is 0.365 e. The Morgan fingerprint density at radius 1 is 1.03 bits per heavy atom. The molecule has 0 radical (unpaired) electrons.